The van der Waals surface area contributed by atoms with Gasteiger partial charge < -0.3 is 9.64 Å². The Kier molecular flexibility index (Phi) is 8.39. The number of methoxy groups -OCH3 is 1. The second-order valence-electron chi connectivity index (χ2n) is 8.56. The van der Waals surface area contributed by atoms with Crippen molar-refractivity contribution < 1.29 is 22.7 Å². The first-order valence-corrected chi connectivity index (χ1v) is 14.7. The van der Waals surface area contributed by atoms with Gasteiger partial charge in [-0.3, -0.25) is 14.5 Å². The van der Waals surface area contributed by atoms with Gasteiger partial charge >= 0.3 is 0 Å². The molecule has 1 atom stereocenters. The Hall–Kier alpha value is -2.40. The van der Waals surface area contributed by atoms with E-state index in [0.29, 0.717) is 20.7 Å². The second kappa shape index (κ2) is 11.3. The topological polar surface area (TPSA) is 84.0 Å². The van der Waals surface area contributed by atoms with Crippen molar-refractivity contribution in [3.63, 3.8) is 0 Å². The predicted octanol–water partition coefficient (Wildman–Crippen LogP) is 4.16. The van der Waals surface area contributed by atoms with Crippen LogP contribution in [0.2, 0.25) is 5.02 Å². The molecule has 0 unspecified atom stereocenters. The van der Waals surface area contributed by atoms with Crippen LogP contribution in [0.25, 0.3) is 6.08 Å². The minimum atomic E-state index is -3.19. The van der Waals surface area contributed by atoms with Gasteiger partial charge in [0.1, 0.15) is 10.1 Å². The molecule has 11 heteroatoms. The third kappa shape index (κ3) is 6.47. The second-order valence-corrected chi connectivity index (χ2v) is 12.9. The van der Waals surface area contributed by atoms with Crippen LogP contribution in [0.5, 0.6) is 5.75 Å². The summed E-state index contributed by atoms with van der Waals surface area (Å²) in [6.45, 7) is 0.365. The number of benzene rings is 2. The Morgan fingerprint density at radius 3 is 2.67 bits per heavy atom. The summed E-state index contributed by atoms with van der Waals surface area (Å²) in [7, 11) is -1.60. The minimum Gasteiger partial charge on any atom is -0.497 e. The molecule has 0 aliphatic carbocycles. The maximum Gasteiger partial charge on any atom is 0.266 e. The summed E-state index contributed by atoms with van der Waals surface area (Å²) in [6.07, 6.45) is 2.18. The maximum absolute atomic E-state index is 13.3. The number of amides is 2. The molecule has 0 saturated carbocycles. The van der Waals surface area contributed by atoms with Gasteiger partial charge in [0.15, 0.2) is 9.84 Å². The highest BCUT2D eigenvalue weighted by Gasteiger charge is 2.36. The first-order chi connectivity index (χ1) is 17.1. The van der Waals surface area contributed by atoms with E-state index in [1.54, 1.807) is 36.3 Å². The molecule has 36 heavy (non-hydrogen) atoms. The van der Waals surface area contributed by atoms with Gasteiger partial charge in [0.2, 0.25) is 5.91 Å². The Morgan fingerprint density at radius 1 is 1.28 bits per heavy atom. The minimum absolute atomic E-state index is 0.0272. The molecule has 0 spiro atoms. The lowest BCUT2D eigenvalue weighted by Gasteiger charge is -2.29. The molecule has 0 aromatic heterocycles. The standard InChI is InChI=1S/C25H25ClN2O5S3/c1-33-21-7-5-17(6-8-21)14-22-24(30)27(25(34)35-22)11-9-23(29)28(20-10-12-36(31,32)16-20)15-18-3-2-4-19(26)13-18/h2-8,13-14,20H,9-12,15-16H2,1H3/b22-14-/t20-/m0/s1. The Balaban J connectivity index is 1.45. The smallest absolute Gasteiger partial charge is 0.266 e. The fourth-order valence-corrected chi connectivity index (χ4v) is 7.42. The molecule has 190 valence electrons. The van der Waals surface area contributed by atoms with Crippen molar-refractivity contribution in [3.8, 4) is 5.75 Å². The summed E-state index contributed by atoms with van der Waals surface area (Å²) in [5.41, 5.74) is 1.65. The van der Waals surface area contributed by atoms with Crippen molar-refractivity contribution in [2.45, 2.75) is 25.4 Å². The Morgan fingerprint density at radius 2 is 2.03 bits per heavy atom. The number of sulfone groups is 1. The maximum atomic E-state index is 13.3. The molecule has 0 radical (unpaired) electrons. The van der Waals surface area contributed by atoms with E-state index in [2.05, 4.69) is 0 Å². The summed E-state index contributed by atoms with van der Waals surface area (Å²) in [5, 5.41) is 0.542. The molecule has 2 aliphatic heterocycles. The van der Waals surface area contributed by atoms with Crippen molar-refractivity contribution in [1.82, 2.24) is 9.80 Å². The summed E-state index contributed by atoms with van der Waals surface area (Å²) in [4.78, 5) is 29.8. The third-order valence-corrected chi connectivity index (χ3v) is 9.41. The number of carbonyl (C=O) groups excluding carboxylic acids is 2. The predicted molar refractivity (Wildman–Crippen MR) is 147 cm³/mol. The molecule has 2 aromatic rings. The highest BCUT2D eigenvalue weighted by Crippen LogP contribution is 2.33. The van der Waals surface area contributed by atoms with Crippen LogP contribution in [0.3, 0.4) is 0 Å². The average molecular weight is 565 g/mol. The van der Waals surface area contributed by atoms with Gasteiger partial charge in [0.05, 0.1) is 23.5 Å². The molecule has 2 heterocycles. The SMILES string of the molecule is COc1ccc(/C=C2\SC(=S)N(CCC(=O)N(Cc3cccc(Cl)c3)[C@H]3CCS(=O)(=O)C3)C2=O)cc1. The summed E-state index contributed by atoms with van der Waals surface area (Å²) < 4.78 is 29.8. The molecule has 2 aromatic carbocycles. The quantitative estimate of drug-likeness (QED) is 0.352. The van der Waals surface area contributed by atoms with Crippen molar-refractivity contribution in [1.29, 1.82) is 0 Å². The molecule has 2 aliphatic rings. The van der Waals surface area contributed by atoms with Crippen LogP contribution < -0.4 is 4.74 Å². The van der Waals surface area contributed by atoms with Gasteiger partial charge in [-0.1, -0.05) is 59.8 Å². The molecule has 7 nitrogen and oxygen atoms in total. The lowest BCUT2D eigenvalue weighted by molar-refractivity contribution is -0.134. The lowest BCUT2D eigenvalue weighted by Crippen LogP contribution is -2.42. The Bertz CT molecular complexity index is 1310. The van der Waals surface area contributed by atoms with E-state index in [1.807, 2.05) is 30.3 Å². The lowest BCUT2D eigenvalue weighted by atomic mass is 10.1. The number of rotatable bonds is 8. The van der Waals surface area contributed by atoms with Gasteiger partial charge in [-0.2, -0.15) is 0 Å². The zero-order valence-corrected chi connectivity index (χ0v) is 22.8. The number of thioether (sulfide) groups is 1. The fraction of sp³-hybridized carbons (Fsp3) is 0.320. The Labute approximate surface area is 225 Å². The molecular formula is C25H25ClN2O5S3. The van der Waals surface area contributed by atoms with Gasteiger partial charge in [-0.15, -0.1) is 0 Å². The van der Waals surface area contributed by atoms with Crippen LogP contribution in [-0.2, 0) is 26.0 Å². The van der Waals surface area contributed by atoms with Crippen molar-refractivity contribution >= 4 is 67.6 Å². The van der Waals surface area contributed by atoms with Crippen LogP contribution in [0, 0.1) is 0 Å². The van der Waals surface area contributed by atoms with Crippen LogP contribution in [0.15, 0.2) is 53.4 Å². The van der Waals surface area contributed by atoms with Crippen LogP contribution in [0.4, 0.5) is 0 Å². The van der Waals surface area contributed by atoms with Gasteiger partial charge in [-0.25, -0.2) is 8.42 Å². The number of hydrogen-bond acceptors (Lipinski definition) is 7. The molecule has 4 rings (SSSR count). The summed E-state index contributed by atoms with van der Waals surface area (Å²) in [6, 6.07) is 14.0. The van der Waals surface area contributed by atoms with E-state index in [-0.39, 0.29) is 42.8 Å². The third-order valence-electron chi connectivity index (χ3n) is 6.05. The number of hydrogen-bond donors (Lipinski definition) is 0. The molecular weight excluding hydrogens is 540 g/mol. The zero-order chi connectivity index (χ0) is 25.9. The van der Waals surface area contributed by atoms with Crippen LogP contribution in [-0.4, -0.2) is 65.6 Å². The molecule has 2 saturated heterocycles. The molecule has 0 N–H and O–H groups in total. The van der Waals surface area contributed by atoms with Gasteiger partial charge in [0, 0.05) is 30.6 Å². The van der Waals surface area contributed by atoms with E-state index in [1.165, 1.54) is 16.7 Å². The van der Waals surface area contributed by atoms with E-state index in [9.17, 15) is 18.0 Å². The van der Waals surface area contributed by atoms with E-state index in [0.717, 1.165) is 16.9 Å². The summed E-state index contributed by atoms with van der Waals surface area (Å²) in [5.74, 6) is 0.228. The number of carbonyl (C=O) groups is 2. The number of ether oxygens (including phenoxy) is 1. The normalized spacial score (nSPS) is 20.2. The van der Waals surface area contributed by atoms with Crippen molar-refractivity contribution in [2.75, 3.05) is 25.2 Å². The van der Waals surface area contributed by atoms with Crippen LogP contribution in [0.1, 0.15) is 24.0 Å². The number of thiocarbonyl (C=S) groups is 1. The highest BCUT2D eigenvalue weighted by atomic mass is 35.5. The van der Waals surface area contributed by atoms with Crippen LogP contribution >= 0.6 is 35.6 Å². The van der Waals surface area contributed by atoms with Crippen molar-refractivity contribution in [2.24, 2.45) is 0 Å². The average Bonchev–Trinajstić information content (AvgIpc) is 3.33. The summed E-state index contributed by atoms with van der Waals surface area (Å²) >= 11 is 12.7. The van der Waals surface area contributed by atoms with Gasteiger partial charge in [-0.05, 0) is 47.9 Å². The monoisotopic (exact) mass is 564 g/mol. The van der Waals surface area contributed by atoms with E-state index >= 15 is 0 Å². The fourth-order valence-electron chi connectivity index (χ4n) is 4.17. The van der Waals surface area contributed by atoms with E-state index < -0.39 is 15.9 Å². The highest BCUT2D eigenvalue weighted by molar-refractivity contribution is 8.26. The molecule has 2 amide bonds. The first kappa shape index (κ1) is 26.7. The van der Waals surface area contributed by atoms with Gasteiger partial charge in [0.25, 0.3) is 5.91 Å². The molecule has 2 fully saturated rings. The zero-order valence-electron chi connectivity index (χ0n) is 19.6. The first-order valence-electron chi connectivity index (χ1n) is 11.3. The number of halogens is 1. The van der Waals surface area contributed by atoms with E-state index in [4.69, 9.17) is 28.6 Å². The largest absolute Gasteiger partial charge is 0.497 e. The number of nitrogens with zero attached hydrogens (tertiary/aromatic N) is 2. The molecule has 0 bridgehead atoms. The van der Waals surface area contributed by atoms with Crippen molar-refractivity contribution in [3.05, 3.63) is 69.6 Å².